The summed E-state index contributed by atoms with van der Waals surface area (Å²) in [5.41, 5.74) is 0. The average Bonchev–Trinajstić information content (AvgIpc) is 2.17. The summed E-state index contributed by atoms with van der Waals surface area (Å²) >= 11 is 0. The largest absolute Gasteiger partial charge is 0.358 e. The van der Waals surface area contributed by atoms with Crippen molar-refractivity contribution in [1.82, 2.24) is 15.5 Å². The molecule has 0 aromatic carbocycles. The number of hydrogen-bond donors (Lipinski definition) is 2. The molecule has 0 bridgehead atoms. The molecule has 0 radical (unpaired) electrons. The Labute approximate surface area is 84.8 Å². The highest BCUT2D eigenvalue weighted by atomic mass is 16.2. The van der Waals surface area contributed by atoms with Crippen LogP contribution in [0.4, 0.5) is 0 Å². The standard InChI is InChI=1S/C9H19N3O2/c1-4-11-6-5-9(14)12(3)7-8(13)10-2/h11H,4-7H2,1-3H3,(H,10,13). The Morgan fingerprint density at radius 1 is 1.36 bits per heavy atom. The van der Waals surface area contributed by atoms with Gasteiger partial charge in [0.2, 0.25) is 11.8 Å². The van der Waals surface area contributed by atoms with Crippen LogP contribution in [0, 0.1) is 0 Å². The van der Waals surface area contributed by atoms with Crippen LogP contribution in [0.15, 0.2) is 0 Å². The smallest absolute Gasteiger partial charge is 0.239 e. The molecule has 0 aliphatic carbocycles. The Balaban J connectivity index is 3.70. The van der Waals surface area contributed by atoms with Gasteiger partial charge >= 0.3 is 0 Å². The minimum Gasteiger partial charge on any atom is -0.358 e. The Hall–Kier alpha value is -1.10. The normalized spacial score (nSPS) is 9.64. The van der Waals surface area contributed by atoms with Crippen molar-refractivity contribution >= 4 is 11.8 Å². The van der Waals surface area contributed by atoms with E-state index in [4.69, 9.17) is 0 Å². The molecule has 5 nitrogen and oxygen atoms in total. The Bertz CT molecular complexity index is 194. The molecule has 2 N–H and O–H groups in total. The summed E-state index contributed by atoms with van der Waals surface area (Å²) in [4.78, 5) is 23.7. The first-order valence-corrected chi connectivity index (χ1v) is 4.77. The number of nitrogens with one attached hydrogen (secondary N) is 2. The van der Waals surface area contributed by atoms with Gasteiger partial charge in [-0.25, -0.2) is 0 Å². The topological polar surface area (TPSA) is 61.4 Å². The van der Waals surface area contributed by atoms with E-state index in [1.807, 2.05) is 6.92 Å². The SMILES string of the molecule is CCNCCC(=O)N(C)CC(=O)NC. The predicted molar refractivity (Wildman–Crippen MR) is 54.9 cm³/mol. The number of rotatable bonds is 6. The fourth-order valence-corrected chi connectivity index (χ4v) is 0.946. The lowest BCUT2D eigenvalue weighted by Crippen LogP contribution is -2.37. The summed E-state index contributed by atoms with van der Waals surface area (Å²) in [6.45, 7) is 3.63. The van der Waals surface area contributed by atoms with Gasteiger partial charge in [0.25, 0.3) is 0 Å². The van der Waals surface area contributed by atoms with Crippen LogP contribution >= 0.6 is 0 Å². The monoisotopic (exact) mass is 201 g/mol. The lowest BCUT2D eigenvalue weighted by molar-refractivity contribution is -0.134. The Kier molecular flexibility index (Phi) is 6.74. The van der Waals surface area contributed by atoms with Crippen molar-refractivity contribution in [1.29, 1.82) is 0 Å². The van der Waals surface area contributed by atoms with Gasteiger partial charge in [0.05, 0.1) is 6.54 Å². The van der Waals surface area contributed by atoms with Gasteiger partial charge in [0, 0.05) is 27.1 Å². The van der Waals surface area contributed by atoms with E-state index >= 15 is 0 Å². The second-order valence-corrected chi connectivity index (χ2v) is 3.03. The third-order valence-electron chi connectivity index (χ3n) is 1.85. The van der Waals surface area contributed by atoms with E-state index in [1.54, 1.807) is 14.1 Å². The maximum Gasteiger partial charge on any atom is 0.239 e. The van der Waals surface area contributed by atoms with Crippen LogP contribution in [0.3, 0.4) is 0 Å². The first-order valence-electron chi connectivity index (χ1n) is 4.77. The van der Waals surface area contributed by atoms with Crippen molar-refractivity contribution in [3.05, 3.63) is 0 Å². The lowest BCUT2D eigenvalue weighted by atomic mass is 10.3. The number of likely N-dealkylation sites (N-methyl/N-ethyl adjacent to an activating group) is 2. The minimum absolute atomic E-state index is 0.0189. The quantitative estimate of drug-likeness (QED) is 0.553. The van der Waals surface area contributed by atoms with Gasteiger partial charge in [0.1, 0.15) is 0 Å². The third-order valence-corrected chi connectivity index (χ3v) is 1.85. The van der Waals surface area contributed by atoms with Crippen molar-refractivity contribution in [2.24, 2.45) is 0 Å². The van der Waals surface area contributed by atoms with Crippen molar-refractivity contribution in [3.8, 4) is 0 Å². The summed E-state index contributed by atoms with van der Waals surface area (Å²) < 4.78 is 0. The fraction of sp³-hybridized carbons (Fsp3) is 0.778. The Morgan fingerprint density at radius 2 is 2.00 bits per heavy atom. The zero-order valence-electron chi connectivity index (χ0n) is 9.09. The van der Waals surface area contributed by atoms with E-state index in [0.29, 0.717) is 13.0 Å². The second kappa shape index (κ2) is 7.32. The number of carbonyl (C=O) groups excluding carboxylic acids is 2. The van der Waals surface area contributed by atoms with Crippen molar-refractivity contribution in [2.45, 2.75) is 13.3 Å². The summed E-state index contributed by atoms with van der Waals surface area (Å²) in [5.74, 6) is -0.168. The van der Waals surface area contributed by atoms with Gasteiger partial charge in [-0.05, 0) is 6.54 Å². The molecule has 0 atom stereocenters. The molecule has 0 fully saturated rings. The molecule has 0 saturated carbocycles. The van der Waals surface area contributed by atoms with Gasteiger partial charge in [-0.2, -0.15) is 0 Å². The number of hydrogen-bond acceptors (Lipinski definition) is 3. The first kappa shape index (κ1) is 12.9. The highest BCUT2D eigenvalue weighted by Crippen LogP contribution is 1.89. The molecule has 0 heterocycles. The van der Waals surface area contributed by atoms with E-state index in [9.17, 15) is 9.59 Å². The molecule has 0 aliphatic rings. The van der Waals surface area contributed by atoms with Gasteiger partial charge < -0.3 is 15.5 Å². The molecule has 0 saturated heterocycles. The van der Waals surface area contributed by atoms with E-state index in [0.717, 1.165) is 6.54 Å². The number of amides is 2. The fourth-order valence-electron chi connectivity index (χ4n) is 0.946. The molecule has 0 aromatic heterocycles. The maximum absolute atomic E-state index is 11.4. The van der Waals surface area contributed by atoms with Gasteiger partial charge in [-0.1, -0.05) is 6.92 Å². The number of nitrogens with zero attached hydrogens (tertiary/aromatic N) is 1. The van der Waals surface area contributed by atoms with Gasteiger partial charge in [-0.3, -0.25) is 9.59 Å². The molecular formula is C9H19N3O2. The van der Waals surface area contributed by atoms with Crippen LogP contribution in [0.25, 0.3) is 0 Å². The van der Waals surface area contributed by atoms with E-state index in [-0.39, 0.29) is 18.4 Å². The molecule has 0 unspecified atom stereocenters. The van der Waals surface area contributed by atoms with E-state index in [1.165, 1.54) is 4.90 Å². The summed E-state index contributed by atoms with van der Waals surface area (Å²) in [7, 11) is 3.18. The highest BCUT2D eigenvalue weighted by molar-refractivity contribution is 5.84. The molecular weight excluding hydrogens is 182 g/mol. The molecule has 14 heavy (non-hydrogen) atoms. The summed E-state index contributed by atoms with van der Waals surface area (Å²) in [6.07, 6.45) is 0.432. The molecule has 0 rings (SSSR count). The zero-order chi connectivity index (χ0) is 11.0. The van der Waals surface area contributed by atoms with Crippen LogP contribution in [-0.2, 0) is 9.59 Å². The average molecular weight is 201 g/mol. The number of carbonyl (C=O) groups is 2. The van der Waals surface area contributed by atoms with Gasteiger partial charge in [0.15, 0.2) is 0 Å². The zero-order valence-corrected chi connectivity index (χ0v) is 9.09. The van der Waals surface area contributed by atoms with Crippen molar-refractivity contribution in [2.75, 3.05) is 33.7 Å². The van der Waals surface area contributed by atoms with Crippen LogP contribution < -0.4 is 10.6 Å². The van der Waals surface area contributed by atoms with E-state index < -0.39 is 0 Å². The van der Waals surface area contributed by atoms with Gasteiger partial charge in [-0.15, -0.1) is 0 Å². The second-order valence-electron chi connectivity index (χ2n) is 3.03. The molecule has 5 heteroatoms. The van der Waals surface area contributed by atoms with Crippen LogP contribution in [0.2, 0.25) is 0 Å². The predicted octanol–water partition coefficient (Wildman–Crippen LogP) is -0.810. The van der Waals surface area contributed by atoms with Crippen LogP contribution in [0.5, 0.6) is 0 Å². The molecule has 0 aromatic rings. The van der Waals surface area contributed by atoms with Crippen LogP contribution in [0.1, 0.15) is 13.3 Å². The molecule has 0 spiro atoms. The van der Waals surface area contributed by atoms with Crippen molar-refractivity contribution < 1.29 is 9.59 Å². The maximum atomic E-state index is 11.4. The summed E-state index contributed by atoms with van der Waals surface area (Å²) in [6, 6.07) is 0. The minimum atomic E-state index is -0.149. The Morgan fingerprint density at radius 3 is 2.50 bits per heavy atom. The lowest BCUT2D eigenvalue weighted by Gasteiger charge is -2.15. The summed E-state index contributed by atoms with van der Waals surface area (Å²) in [5, 5.41) is 5.52. The van der Waals surface area contributed by atoms with Crippen LogP contribution in [-0.4, -0.2) is 50.4 Å². The first-order chi connectivity index (χ1) is 6.61. The molecule has 82 valence electrons. The van der Waals surface area contributed by atoms with Crippen molar-refractivity contribution in [3.63, 3.8) is 0 Å². The highest BCUT2D eigenvalue weighted by Gasteiger charge is 2.10. The van der Waals surface area contributed by atoms with E-state index in [2.05, 4.69) is 10.6 Å². The third kappa shape index (κ3) is 5.53. The molecule has 2 amide bonds. The molecule has 0 aliphatic heterocycles.